The molecule has 0 aromatic carbocycles. The third-order valence-electron chi connectivity index (χ3n) is 1.59. The van der Waals surface area contributed by atoms with E-state index in [1.165, 1.54) is 10.4 Å². The van der Waals surface area contributed by atoms with Gasteiger partial charge < -0.3 is 5.11 Å². The summed E-state index contributed by atoms with van der Waals surface area (Å²) in [6.07, 6.45) is 0. The lowest BCUT2D eigenvalue weighted by Crippen LogP contribution is -1.95. The quantitative estimate of drug-likeness (QED) is 0.695. The molecular formula is C8H12OS. The topological polar surface area (TPSA) is 20.2 Å². The summed E-state index contributed by atoms with van der Waals surface area (Å²) in [6, 6.07) is 2.13. The van der Waals surface area contributed by atoms with E-state index in [9.17, 15) is 0 Å². The molecule has 1 atom stereocenters. The molecule has 56 valence electrons. The number of aliphatic hydroxyl groups excluding tert-OH is 1. The molecule has 0 saturated heterocycles. The zero-order valence-electron chi connectivity index (χ0n) is 6.29. The maximum atomic E-state index is 8.80. The summed E-state index contributed by atoms with van der Waals surface area (Å²) in [5.74, 6) is 0.296. The van der Waals surface area contributed by atoms with Crippen LogP contribution in [0.2, 0.25) is 0 Å². The van der Waals surface area contributed by atoms with Crippen molar-refractivity contribution in [2.24, 2.45) is 0 Å². The minimum Gasteiger partial charge on any atom is -0.396 e. The third kappa shape index (κ3) is 1.58. The van der Waals surface area contributed by atoms with Gasteiger partial charge in [-0.3, -0.25) is 0 Å². The van der Waals surface area contributed by atoms with E-state index in [4.69, 9.17) is 5.11 Å². The van der Waals surface area contributed by atoms with Crippen molar-refractivity contribution in [3.63, 3.8) is 0 Å². The zero-order chi connectivity index (χ0) is 7.56. The second-order valence-electron chi connectivity index (χ2n) is 2.57. The highest BCUT2D eigenvalue weighted by molar-refractivity contribution is 7.10. The molecule has 0 unspecified atom stereocenters. The minimum absolute atomic E-state index is 0.246. The molecule has 1 N–H and O–H groups in total. The van der Waals surface area contributed by atoms with Gasteiger partial charge in [0.25, 0.3) is 0 Å². The number of hydrogen-bond donors (Lipinski definition) is 1. The van der Waals surface area contributed by atoms with E-state index in [1.54, 1.807) is 11.3 Å². The lowest BCUT2D eigenvalue weighted by atomic mass is 10.1. The molecule has 10 heavy (non-hydrogen) atoms. The van der Waals surface area contributed by atoms with Gasteiger partial charge in [-0.15, -0.1) is 11.3 Å². The predicted octanol–water partition coefficient (Wildman–Crippen LogP) is 2.15. The normalized spacial score (nSPS) is 13.5. The Labute approximate surface area is 65.3 Å². The van der Waals surface area contributed by atoms with Crippen molar-refractivity contribution in [1.82, 2.24) is 0 Å². The number of thiophene rings is 1. The summed E-state index contributed by atoms with van der Waals surface area (Å²) < 4.78 is 0. The summed E-state index contributed by atoms with van der Waals surface area (Å²) in [6.45, 7) is 4.36. The first kappa shape index (κ1) is 7.76. The van der Waals surface area contributed by atoms with E-state index in [0.29, 0.717) is 5.92 Å². The molecule has 1 heterocycles. The highest BCUT2D eigenvalue weighted by Crippen LogP contribution is 2.20. The Balaban J connectivity index is 2.74. The minimum atomic E-state index is 0.246. The van der Waals surface area contributed by atoms with E-state index >= 15 is 0 Å². The Morgan fingerprint density at radius 3 is 2.80 bits per heavy atom. The molecule has 1 nitrogen and oxygen atoms in total. The Morgan fingerprint density at radius 2 is 2.40 bits per heavy atom. The van der Waals surface area contributed by atoms with Gasteiger partial charge in [0.05, 0.1) is 0 Å². The van der Waals surface area contributed by atoms with Gasteiger partial charge in [-0.05, 0) is 23.9 Å². The summed E-state index contributed by atoms with van der Waals surface area (Å²) in [5, 5.41) is 10.9. The molecule has 1 aromatic heterocycles. The lowest BCUT2D eigenvalue weighted by Gasteiger charge is -2.02. The molecule has 1 aromatic rings. The molecule has 0 spiro atoms. The van der Waals surface area contributed by atoms with Crippen molar-refractivity contribution >= 4 is 11.3 Å². The van der Waals surface area contributed by atoms with Gasteiger partial charge in [0, 0.05) is 17.4 Å². The van der Waals surface area contributed by atoms with Crippen LogP contribution in [0, 0.1) is 6.92 Å². The SMILES string of the molecule is Cc1cc([C@H](C)CO)cs1. The number of aliphatic hydroxyl groups is 1. The van der Waals surface area contributed by atoms with E-state index < -0.39 is 0 Å². The lowest BCUT2D eigenvalue weighted by molar-refractivity contribution is 0.273. The first-order valence-corrected chi connectivity index (χ1v) is 4.28. The highest BCUT2D eigenvalue weighted by Gasteiger charge is 2.03. The molecule has 0 aliphatic heterocycles. The molecular weight excluding hydrogens is 144 g/mol. The van der Waals surface area contributed by atoms with Crippen molar-refractivity contribution in [2.45, 2.75) is 19.8 Å². The molecule has 0 radical (unpaired) electrons. The maximum Gasteiger partial charge on any atom is 0.0497 e. The van der Waals surface area contributed by atoms with Crippen molar-refractivity contribution in [1.29, 1.82) is 0 Å². The highest BCUT2D eigenvalue weighted by atomic mass is 32.1. The van der Waals surface area contributed by atoms with Crippen LogP contribution in [-0.2, 0) is 0 Å². The monoisotopic (exact) mass is 156 g/mol. The molecule has 0 fully saturated rings. The van der Waals surface area contributed by atoms with Gasteiger partial charge in [-0.1, -0.05) is 6.92 Å². The molecule has 1 rings (SSSR count). The van der Waals surface area contributed by atoms with Crippen LogP contribution in [0.15, 0.2) is 11.4 Å². The van der Waals surface area contributed by atoms with Crippen molar-refractivity contribution in [2.75, 3.05) is 6.61 Å². The fourth-order valence-corrected chi connectivity index (χ4v) is 1.65. The van der Waals surface area contributed by atoms with Crippen LogP contribution in [0.5, 0.6) is 0 Å². The molecule has 0 aliphatic rings. The zero-order valence-corrected chi connectivity index (χ0v) is 7.11. The standard InChI is InChI=1S/C8H12OS/c1-6(4-9)8-3-7(2)10-5-8/h3,5-6,9H,4H2,1-2H3/t6-/m1/s1. The Hall–Kier alpha value is -0.340. The maximum absolute atomic E-state index is 8.80. The van der Waals surface area contributed by atoms with Crippen LogP contribution in [0.3, 0.4) is 0 Å². The molecule has 0 amide bonds. The third-order valence-corrected chi connectivity index (χ3v) is 2.47. The summed E-state index contributed by atoms with van der Waals surface area (Å²) in [7, 11) is 0. The van der Waals surface area contributed by atoms with Gasteiger partial charge in [0.2, 0.25) is 0 Å². The van der Waals surface area contributed by atoms with Gasteiger partial charge in [0.1, 0.15) is 0 Å². The van der Waals surface area contributed by atoms with E-state index in [1.807, 2.05) is 6.92 Å². The van der Waals surface area contributed by atoms with Crippen LogP contribution in [0.25, 0.3) is 0 Å². The fraction of sp³-hybridized carbons (Fsp3) is 0.500. The summed E-state index contributed by atoms with van der Waals surface area (Å²) in [5.41, 5.74) is 1.25. The van der Waals surface area contributed by atoms with Crippen LogP contribution >= 0.6 is 11.3 Å². The number of aryl methyl sites for hydroxylation is 1. The average Bonchev–Trinajstić information content (AvgIpc) is 2.34. The fourth-order valence-electron chi connectivity index (χ4n) is 0.828. The predicted molar refractivity (Wildman–Crippen MR) is 44.6 cm³/mol. The first-order chi connectivity index (χ1) is 4.74. The van der Waals surface area contributed by atoms with Crippen LogP contribution in [0.4, 0.5) is 0 Å². The van der Waals surface area contributed by atoms with Gasteiger partial charge >= 0.3 is 0 Å². The van der Waals surface area contributed by atoms with E-state index in [2.05, 4.69) is 18.4 Å². The van der Waals surface area contributed by atoms with Crippen molar-refractivity contribution in [3.05, 3.63) is 21.9 Å². The Bertz CT molecular complexity index is 205. The largest absolute Gasteiger partial charge is 0.396 e. The van der Waals surface area contributed by atoms with Crippen LogP contribution < -0.4 is 0 Å². The van der Waals surface area contributed by atoms with E-state index in [-0.39, 0.29) is 6.61 Å². The van der Waals surface area contributed by atoms with Gasteiger partial charge in [-0.25, -0.2) is 0 Å². The first-order valence-electron chi connectivity index (χ1n) is 3.40. The van der Waals surface area contributed by atoms with E-state index in [0.717, 1.165) is 0 Å². The Kier molecular flexibility index (Phi) is 2.46. The van der Waals surface area contributed by atoms with Crippen LogP contribution in [0.1, 0.15) is 23.3 Å². The van der Waals surface area contributed by atoms with Gasteiger partial charge in [-0.2, -0.15) is 0 Å². The van der Waals surface area contributed by atoms with Crippen molar-refractivity contribution in [3.8, 4) is 0 Å². The van der Waals surface area contributed by atoms with Crippen LogP contribution in [-0.4, -0.2) is 11.7 Å². The number of hydrogen-bond acceptors (Lipinski definition) is 2. The van der Waals surface area contributed by atoms with Gasteiger partial charge in [0.15, 0.2) is 0 Å². The molecule has 2 heteroatoms. The van der Waals surface area contributed by atoms with Crippen molar-refractivity contribution < 1.29 is 5.11 Å². The Morgan fingerprint density at radius 1 is 1.70 bits per heavy atom. The second kappa shape index (κ2) is 3.17. The smallest absolute Gasteiger partial charge is 0.0497 e. The molecule has 0 aliphatic carbocycles. The molecule has 0 saturated carbocycles. The second-order valence-corrected chi connectivity index (χ2v) is 3.69. The summed E-state index contributed by atoms with van der Waals surface area (Å²) in [4.78, 5) is 1.32. The summed E-state index contributed by atoms with van der Waals surface area (Å²) >= 11 is 1.74. The molecule has 0 bridgehead atoms. The average molecular weight is 156 g/mol. The number of rotatable bonds is 2.